The van der Waals surface area contributed by atoms with Gasteiger partial charge in [-0.1, -0.05) is 104 Å². The lowest BCUT2D eigenvalue weighted by atomic mass is 9.33. The van der Waals surface area contributed by atoms with Gasteiger partial charge in [-0.25, -0.2) is 0 Å². The van der Waals surface area contributed by atoms with Crippen LogP contribution in [0.25, 0.3) is 0 Å². The molecule has 0 aliphatic carbocycles. The van der Waals surface area contributed by atoms with Gasteiger partial charge >= 0.3 is 0 Å². The fourth-order valence-electron chi connectivity index (χ4n) is 7.66. The smallest absolute Gasteiger partial charge is 0.252 e. The van der Waals surface area contributed by atoms with Crippen molar-refractivity contribution in [2.45, 2.75) is 72.1 Å². The van der Waals surface area contributed by atoms with Crippen LogP contribution in [0.5, 0.6) is 11.5 Å². The lowest BCUT2D eigenvalue weighted by Gasteiger charge is -2.45. The second-order valence-corrected chi connectivity index (χ2v) is 15.9. The Morgan fingerprint density at radius 3 is 1.92 bits per heavy atom. The number of rotatable bonds is 3. The van der Waals surface area contributed by atoms with Crippen LogP contribution < -0.4 is 35.7 Å². The number of nitrogens with zero attached hydrogens (tertiary/aromatic N) is 2. The quantitative estimate of drug-likeness (QED) is 0.181. The summed E-state index contributed by atoms with van der Waals surface area (Å²) in [6.45, 7) is 19.5. The van der Waals surface area contributed by atoms with Crippen molar-refractivity contribution in [1.29, 1.82) is 0 Å². The molecule has 242 valence electrons. The SMILES string of the molecule is CC(C)c1cc2c3c(c1)N(c1cccc4c1OCCO4)c1ccccc1B3c1cc(C(C)(C)C)ccc1N2c1ccc(C(C)(C)C)cc1. The van der Waals surface area contributed by atoms with E-state index in [2.05, 4.69) is 156 Å². The van der Waals surface area contributed by atoms with Crippen LogP contribution in [0.3, 0.4) is 0 Å². The van der Waals surface area contributed by atoms with Crippen molar-refractivity contribution < 1.29 is 9.47 Å². The van der Waals surface area contributed by atoms with Crippen molar-refractivity contribution in [3.63, 3.8) is 0 Å². The van der Waals surface area contributed by atoms with Gasteiger partial charge in [-0.2, -0.15) is 0 Å². The molecule has 5 aromatic rings. The number of benzene rings is 5. The Balaban J connectivity index is 1.47. The Bertz CT molecular complexity index is 2050. The molecule has 0 saturated carbocycles. The first-order valence-corrected chi connectivity index (χ1v) is 17.4. The van der Waals surface area contributed by atoms with E-state index in [1.165, 1.54) is 61.5 Å². The number of fused-ring (bicyclic) bond motifs is 5. The first-order valence-electron chi connectivity index (χ1n) is 17.4. The summed E-state index contributed by atoms with van der Waals surface area (Å²) in [4.78, 5) is 4.95. The van der Waals surface area contributed by atoms with E-state index >= 15 is 0 Å². The number of anilines is 6. The van der Waals surface area contributed by atoms with Crippen LogP contribution >= 0.6 is 0 Å². The molecule has 0 unspecified atom stereocenters. The maximum atomic E-state index is 6.37. The average Bonchev–Trinajstić information content (AvgIpc) is 3.07. The molecule has 0 bridgehead atoms. The molecule has 3 aliphatic rings. The third-order valence-electron chi connectivity index (χ3n) is 10.3. The first kappa shape index (κ1) is 30.7. The second kappa shape index (κ2) is 10.9. The third kappa shape index (κ3) is 4.81. The van der Waals surface area contributed by atoms with Gasteiger partial charge in [0, 0.05) is 28.4 Å². The van der Waals surface area contributed by atoms with Crippen LogP contribution in [-0.2, 0) is 10.8 Å². The van der Waals surface area contributed by atoms with E-state index in [0.29, 0.717) is 19.1 Å². The van der Waals surface area contributed by atoms with E-state index in [4.69, 9.17) is 9.47 Å². The zero-order valence-electron chi connectivity index (χ0n) is 29.5. The third-order valence-corrected chi connectivity index (χ3v) is 10.3. The van der Waals surface area contributed by atoms with Gasteiger partial charge in [-0.3, -0.25) is 0 Å². The van der Waals surface area contributed by atoms with Crippen molar-refractivity contribution in [2.75, 3.05) is 23.0 Å². The summed E-state index contributed by atoms with van der Waals surface area (Å²) in [5.41, 5.74) is 15.1. The lowest BCUT2D eigenvalue weighted by Crippen LogP contribution is -2.61. The van der Waals surface area contributed by atoms with Gasteiger partial charge in [0.05, 0.1) is 5.69 Å². The Morgan fingerprint density at radius 1 is 0.583 bits per heavy atom. The van der Waals surface area contributed by atoms with Crippen LogP contribution in [0.15, 0.2) is 97.1 Å². The number of para-hydroxylation sites is 2. The molecule has 0 saturated heterocycles. The highest BCUT2D eigenvalue weighted by Crippen LogP contribution is 2.50. The normalized spacial score (nSPS) is 14.9. The second-order valence-electron chi connectivity index (χ2n) is 15.9. The van der Waals surface area contributed by atoms with Gasteiger partial charge in [-0.15, -0.1) is 0 Å². The molecule has 5 heteroatoms. The molecular weight excluding hydrogens is 587 g/mol. The first-order chi connectivity index (χ1) is 22.9. The molecule has 5 aromatic carbocycles. The highest BCUT2D eigenvalue weighted by atomic mass is 16.6. The highest BCUT2D eigenvalue weighted by molar-refractivity contribution is 7.00. The molecule has 0 spiro atoms. The van der Waals surface area contributed by atoms with Crippen molar-refractivity contribution in [3.05, 3.63) is 114 Å². The van der Waals surface area contributed by atoms with E-state index in [0.717, 1.165) is 17.2 Å². The van der Waals surface area contributed by atoms with Gasteiger partial charge in [0.1, 0.15) is 13.2 Å². The van der Waals surface area contributed by atoms with Crippen molar-refractivity contribution >= 4 is 57.2 Å². The fraction of sp³-hybridized carbons (Fsp3) is 0.302. The van der Waals surface area contributed by atoms with E-state index in [1.807, 2.05) is 6.07 Å². The van der Waals surface area contributed by atoms with Crippen molar-refractivity contribution in [2.24, 2.45) is 0 Å². The average molecular weight is 633 g/mol. The summed E-state index contributed by atoms with van der Waals surface area (Å²) in [7, 11) is 0. The maximum absolute atomic E-state index is 6.37. The predicted octanol–water partition coefficient (Wildman–Crippen LogP) is 9.26. The minimum absolute atomic E-state index is 0.0134. The Morgan fingerprint density at radius 2 is 1.21 bits per heavy atom. The summed E-state index contributed by atoms with van der Waals surface area (Å²) in [6.07, 6.45) is 0. The molecule has 8 rings (SSSR count). The van der Waals surface area contributed by atoms with Crippen LogP contribution in [0.1, 0.15) is 78.0 Å². The summed E-state index contributed by atoms with van der Waals surface area (Å²) in [6, 6.07) is 36.5. The largest absolute Gasteiger partial charge is 0.486 e. The van der Waals surface area contributed by atoms with Gasteiger partial charge in [0.25, 0.3) is 6.71 Å². The fourth-order valence-corrected chi connectivity index (χ4v) is 7.66. The zero-order valence-corrected chi connectivity index (χ0v) is 29.5. The molecule has 0 radical (unpaired) electrons. The maximum Gasteiger partial charge on any atom is 0.252 e. The van der Waals surface area contributed by atoms with Crippen molar-refractivity contribution in [1.82, 2.24) is 0 Å². The van der Waals surface area contributed by atoms with E-state index in [-0.39, 0.29) is 17.5 Å². The molecule has 3 heterocycles. The van der Waals surface area contributed by atoms with Crippen LogP contribution in [0.4, 0.5) is 34.1 Å². The van der Waals surface area contributed by atoms with Crippen LogP contribution in [0.2, 0.25) is 0 Å². The molecule has 0 atom stereocenters. The summed E-state index contributed by atoms with van der Waals surface area (Å²) >= 11 is 0. The monoisotopic (exact) mass is 632 g/mol. The Kier molecular flexibility index (Phi) is 7.00. The number of hydrogen-bond acceptors (Lipinski definition) is 4. The molecule has 4 nitrogen and oxygen atoms in total. The van der Waals surface area contributed by atoms with Gasteiger partial charge < -0.3 is 19.3 Å². The number of hydrogen-bond donors (Lipinski definition) is 0. The molecule has 0 N–H and O–H groups in total. The Labute approximate surface area is 286 Å². The minimum atomic E-state index is 0.0134. The van der Waals surface area contributed by atoms with Crippen LogP contribution in [0, 0.1) is 0 Å². The molecule has 0 fully saturated rings. The molecule has 3 aliphatic heterocycles. The predicted molar refractivity (Wildman–Crippen MR) is 203 cm³/mol. The topological polar surface area (TPSA) is 24.9 Å². The van der Waals surface area contributed by atoms with Crippen LogP contribution in [-0.4, -0.2) is 19.9 Å². The minimum Gasteiger partial charge on any atom is -0.486 e. The van der Waals surface area contributed by atoms with Crippen molar-refractivity contribution in [3.8, 4) is 11.5 Å². The van der Waals surface area contributed by atoms with Gasteiger partial charge in [0.15, 0.2) is 11.5 Å². The standard InChI is InChI=1S/C43H45BN2O2/c1-27(2)28-24-37-40-38(25-28)46(36-14-11-15-39-41(36)48-23-22-47-39)34-13-10-9-12-32(34)44(40)33-26-30(43(6,7)8)18-21-35(33)45(37)31-19-16-29(17-20-31)42(3,4)5/h9-21,24-27H,22-23H2,1-8H3. The van der Waals surface area contributed by atoms with Gasteiger partial charge in [0.2, 0.25) is 0 Å². The number of ether oxygens (including phenoxy) is 2. The molecule has 48 heavy (non-hydrogen) atoms. The summed E-state index contributed by atoms with van der Waals surface area (Å²) in [5.74, 6) is 1.94. The van der Waals surface area contributed by atoms with E-state index in [1.54, 1.807) is 0 Å². The Hall–Kier alpha value is -4.64. The molecule has 0 aromatic heterocycles. The lowest BCUT2D eigenvalue weighted by molar-refractivity contribution is 0.172. The zero-order chi connectivity index (χ0) is 33.5. The summed E-state index contributed by atoms with van der Waals surface area (Å²) in [5, 5.41) is 0. The van der Waals surface area contributed by atoms with Gasteiger partial charge in [-0.05, 0) is 98.4 Å². The van der Waals surface area contributed by atoms with E-state index in [9.17, 15) is 0 Å². The summed E-state index contributed by atoms with van der Waals surface area (Å²) < 4.78 is 12.5. The van der Waals surface area contributed by atoms with E-state index < -0.39 is 0 Å². The molecular formula is C43H45BN2O2. The highest BCUT2D eigenvalue weighted by Gasteiger charge is 2.44. The molecule has 0 amide bonds.